The summed E-state index contributed by atoms with van der Waals surface area (Å²) < 4.78 is 0. The Hall–Kier alpha value is -1.85. The lowest BCUT2D eigenvalue weighted by Crippen LogP contribution is -2.50. The number of nitrogens with zero attached hydrogens (tertiary/aromatic N) is 3. The molecule has 3 heterocycles. The molecule has 0 saturated carbocycles. The highest BCUT2D eigenvalue weighted by atomic mass is 32.1. The maximum Gasteiger partial charge on any atom is 0.237 e. The van der Waals surface area contributed by atoms with Gasteiger partial charge in [-0.2, -0.15) is 0 Å². The van der Waals surface area contributed by atoms with Crippen LogP contribution in [-0.2, 0) is 4.79 Å². The van der Waals surface area contributed by atoms with E-state index in [1.165, 1.54) is 21.7 Å². The van der Waals surface area contributed by atoms with Crippen molar-refractivity contribution in [2.24, 2.45) is 0 Å². The zero-order valence-corrected chi connectivity index (χ0v) is 17.2. The molecule has 27 heavy (non-hydrogen) atoms. The van der Waals surface area contributed by atoms with Gasteiger partial charge in [0.25, 0.3) is 0 Å². The van der Waals surface area contributed by atoms with E-state index in [1.807, 2.05) is 0 Å². The summed E-state index contributed by atoms with van der Waals surface area (Å²) in [6.45, 7) is 9.74. The fourth-order valence-corrected chi connectivity index (χ4v) is 5.22. The standard InChI is InChI=1S/C22H29N3OS/c1-17-6-3-7-19(18(17)2)24-13-11-23(12-14-24)16-22(26)25-10-4-8-20(25)21-9-5-15-27-21/h3,5-7,9,15,20H,4,8,10-14,16H2,1-2H3. The van der Waals surface area contributed by atoms with E-state index in [2.05, 4.69) is 64.3 Å². The van der Waals surface area contributed by atoms with E-state index in [4.69, 9.17) is 0 Å². The molecule has 0 aliphatic carbocycles. The minimum Gasteiger partial charge on any atom is -0.369 e. The van der Waals surface area contributed by atoms with Gasteiger partial charge in [0, 0.05) is 43.3 Å². The van der Waals surface area contributed by atoms with Crippen molar-refractivity contribution in [2.45, 2.75) is 32.7 Å². The van der Waals surface area contributed by atoms with E-state index >= 15 is 0 Å². The molecular formula is C22H29N3OS. The number of carbonyl (C=O) groups is 1. The Kier molecular flexibility index (Phi) is 5.50. The van der Waals surface area contributed by atoms with Crippen LogP contribution in [0.3, 0.4) is 0 Å². The van der Waals surface area contributed by atoms with Gasteiger partial charge in [-0.25, -0.2) is 0 Å². The zero-order chi connectivity index (χ0) is 18.8. The smallest absolute Gasteiger partial charge is 0.237 e. The first kappa shape index (κ1) is 18.5. The molecule has 1 atom stereocenters. The number of thiophene rings is 1. The third-order valence-corrected chi connectivity index (χ3v) is 7.07. The molecule has 144 valence electrons. The summed E-state index contributed by atoms with van der Waals surface area (Å²) >= 11 is 1.77. The van der Waals surface area contributed by atoms with Crippen LogP contribution in [0.4, 0.5) is 5.69 Å². The first-order valence-corrected chi connectivity index (χ1v) is 10.9. The lowest BCUT2D eigenvalue weighted by Gasteiger charge is -2.37. The topological polar surface area (TPSA) is 26.8 Å². The average Bonchev–Trinajstić information content (AvgIpc) is 3.36. The summed E-state index contributed by atoms with van der Waals surface area (Å²) in [5.74, 6) is 0.297. The zero-order valence-electron chi connectivity index (χ0n) is 16.4. The average molecular weight is 384 g/mol. The van der Waals surface area contributed by atoms with Gasteiger partial charge in [0.2, 0.25) is 5.91 Å². The predicted octanol–water partition coefficient (Wildman–Crippen LogP) is 3.85. The Morgan fingerprint density at radius 1 is 1.07 bits per heavy atom. The Labute approximate surface area is 166 Å². The normalized spacial score (nSPS) is 21.0. The highest BCUT2D eigenvalue weighted by molar-refractivity contribution is 7.10. The van der Waals surface area contributed by atoms with Crippen LogP contribution in [0.5, 0.6) is 0 Å². The Balaban J connectivity index is 1.34. The van der Waals surface area contributed by atoms with Crippen LogP contribution >= 0.6 is 11.3 Å². The largest absolute Gasteiger partial charge is 0.369 e. The van der Waals surface area contributed by atoms with Crippen molar-refractivity contribution in [1.82, 2.24) is 9.80 Å². The summed E-state index contributed by atoms with van der Waals surface area (Å²) in [6.07, 6.45) is 2.22. The molecule has 2 saturated heterocycles. The first-order valence-electron chi connectivity index (χ1n) is 10.00. The van der Waals surface area contributed by atoms with Crippen molar-refractivity contribution in [1.29, 1.82) is 0 Å². The van der Waals surface area contributed by atoms with Crippen LogP contribution in [-0.4, -0.2) is 55.0 Å². The predicted molar refractivity (Wildman–Crippen MR) is 113 cm³/mol. The molecule has 2 fully saturated rings. The van der Waals surface area contributed by atoms with Crippen molar-refractivity contribution >= 4 is 22.9 Å². The Morgan fingerprint density at radius 2 is 1.89 bits per heavy atom. The van der Waals surface area contributed by atoms with Crippen LogP contribution in [0.1, 0.15) is 34.9 Å². The molecule has 5 heteroatoms. The number of aryl methyl sites for hydroxylation is 1. The molecule has 0 spiro atoms. The summed E-state index contributed by atoms with van der Waals surface area (Å²) in [5, 5.41) is 2.11. The highest BCUT2D eigenvalue weighted by Gasteiger charge is 2.31. The van der Waals surface area contributed by atoms with Crippen molar-refractivity contribution in [3.63, 3.8) is 0 Å². The molecule has 0 N–H and O–H groups in total. The van der Waals surface area contributed by atoms with Gasteiger partial charge in [-0.15, -0.1) is 11.3 Å². The number of likely N-dealkylation sites (tertiary alicyclic amines) is 1. The molecule has 1 aromatic heterocycles. The fraction of sp³-hybridized carbons (Fsp3) is 0.500. The number of benzene rings is 1. The number of anilines is 1. The van der Waals surface area contributed by atoms with E-state index in [9.17, 15) is 4.79 Å². The van der Waals surface area contributed by atoms with Crippen molar-refractivity contribution in [3.05, 3.63) is 51.7 Å². The molecule has 4 nitrogen and oxygen atoms in total. The lowest BCUT2D eigenvalue weighted by atomic mass is 10.1. The Morgan fingerprint density at radius 3 is 2.63 bits per heavy atom. The van der Waals surface area contributed by atoms with Crippen LogP contribution in [0.15, 0.2) is 35.7 Å². The number of hydrogen-bond acceptors (Lipinski definition) is 4. The molecule has 0 bridgehead atoms. The van der Waals surface area contributed by atoms with Crippen molar-refractivity contribution in [3.8, 4) is 0 Å². The number of hydrogen-bond donors (Lipinski definition) is 0. The second-order valence-electron chi connectivity index (χ2n) is 7.74. The number of rotatable bonds is 4. The van der Waals surface area contributed by atoms with Crippen LogP contribution in [0, 0.1) is 13.8 Å². The van der Waals surface area contributed by atoms with Gasteiger partial charge in [-0.3, -0.25) is 9.69 Å². The fourth-order valence-electron chi connectivity index (χ4n) is 4.35. The number of carbonyl (C=O) groups excluding carboxylic acids is 1. The molecule has 2 aliphatic heterocycles. The van der Waals surface area contributed by atoms with Gasteiger partial charge in [0.05, 0.1) is 12.6 Å². The molecule has 0 radical (unpaired) electrons. The number of amides is 1. The van der Waals surface area contributed by atoms with E-state index in [0.29, 0.717) is 18.5 Å². The number of piperazine rings is 1. The SMILES string of the molecule is Cc1cccc(N2CCN(CC(=O)N3CCCC3c3cccs3)CC2)c1C. The summed E-state index contributed by atoms with van der Waals surface area (Å²) in [5.41, 5.74) is 4.06. The molecule has 4 rings (SSSR count). The first-order chi connectivity index (χ1) is 13.1. The summed E-state index contributed by atoms with van der Waals surface area (Å²) in [6, 6.07) is 11.1. The van der Waals surface area contributed by atoms with Gasteiger partial charge in [-0.05, 0) is 55.3 Å². The van der Waals surface area contributed by atoms with E-state index in [0.717, 1.165) is 45.6 Å². The van der Waals surface area contributed by atoms with E-state index < -0.39 is 0 Å². The minimum atomic E-state index is 0.297. The molecule has 1 unspecified atom stereocenters. The lowest BCUT2D eigenvalue weighted by molar-refractivity contribution is -0.133. The monoisotopic (exact) mass is 383 g/mol. The molecule has 2 aromatic rings. The van der Waals surface area contributed by atoms with Gasteiger partial charge in [0.15, 0.2) is 0 Å². The van der Waals surface area contributed by atoms with Gasteiger partial charge >= 0.3 is 0 Å². The minimum absolute atomic E-state index is 0.297. The molecule has 1 aromatic carbocycles. The molecule has 2 aliphatic rings. The summed E-state index contributed by atoms with van der Waals surface area (Å²) in [4.78, 5) is 21.2. The summed E-state index contributed by atoms with van der Waals surface area (Å²) in [7, 11) is 0. The van der Waals surface area contributed by atoms with E-state index in [-0.39, 0.29) is 0 Å². The van der Waals surface area contributed by atoms with Crippen LogP contribution in [0.2, 0.25) is 0 Å². The van der Waals surface area contributed by atoms with Crippen molar-refractivity contribution < 1.29 is 4.79 Å². The second-order valence-corrected chi connectivity index (χ2v) is 8.72. The van der Waals surface area contributed by atoms with Crippen LogP contribution in [0.25, 0.3) is 0 Å². The van der Waals surface area contributed by atoms with Gasteiger partial charge in [0.1, 0.15) is 0 Å². The van der Waals surface area contributed by atoms with Crippen molar-refractivity contribution in [2.75, 3.05) is 44.2 Å². The molecular weight excluding hydrogens is 354 g/mol. The molecule has 1 amide bonds. The Bertz CT molecular complexity index is 781. The van der Waals surface area contributed by atoms with Gasteiger partial charge in [-0.1, -0.05) is 18.2 Å². The second kappa shape index (κ2) is 8.03. The third kappa shape index (κ3) is 3.90. The quantitative estimate of drug-likeness (QED) is 0.802. The van der Waals surface area contributed by atoms with Gasteiger partial charge < -0.3 is 9.80 Å². The van der Waals surface area contributed by atoms with E-state index in [1.54, 1.807) is 11.3 Å². The highest BCUT2D eigenvalue weighted by Crippen LogP contribution is 2.34. The maximum absolute atomic E-state index is 12.9. The van der Waals surface area contributed by atoms with Crippen LogP contribution < -0.4 is 4.90 Å². The third-order valence-electron chi connectivity index (χ3n) is 6.09. The maximum atomic E-state index is 12.9.